The molecular formula is C36H67N3O4S. The largest absolute Gasteiger partial charge is 0.379 e. The van der Waals surface area contributed by atoms with Gasteiger partial charge in [0.15, 0.2) is 0 Å². The summed E-state index contributed by atoms with van der Waals surface area (Å²) in [6, 6.07) is 20.1. The van der Waals surface area contributed by atoms with Gasteiger partial charge in [-0.05, 0) is 37.8 Å². The van der Waals surface area contributed by atoms with Crippen LogP contribution in [-0.2, 0) is 31.6 Å². The second kappa shape index (κ2) is 37.1. The highest BCUT2D eigenvalue weighted by atomic mass is 32.2. The number of rotatable bonds is 7. The summed E-state index contributed by atoms with van der Waals surface area (Å²) in [5, 5.41) is 0. The van der Waals surface area contributed by atoms with E-state index in [0.29, 0.717) is 19.0 Å². The number of ether oxygens (including phenoxy) is 2. The standard InChI is InChI=1S/C11H15NO.C8H10OS.C5H9NO2.C5H13N.C3H8.2C2H6/c1-2-4-11(5-3-1)10-12-6-8-13-9-7-12;1-2-10(9)8-6-4-3-5-7-8;7-5-6-1-3-8-4-2-6;1-4-6(3)5-2;1-3-2;2*1-2/h1-5H,6-10H2;3-7H,2H2,1H3;5H,1-4H2;4-5H2,1-3H3;3H2,1-2H3;2*1-2H3. The van der Waals surface area contributed by atoms with E-state index in [1.807, 2.05) is 65.0 Å². The molecule has 1 atom stereocenters. The average Bonchev–Trinajstić information content (AvgIpc) is 3.12. The molecule has 8 heteroatoms. The Balaban J connectivity index is -0.000000490. The summed E-state index contributed by atoms with van der Waals surface area (Å²) in [7, 11) is 1.32. The van der Waals surface area contributed by atoms with E-state index in [-0.39, 0.29) is 0 Å². The van der Waals surface area contributed by atoms with Crippen molar-refractivity contribution in [2.24, 2.45) is 0 Å². The van der Waals surface area contributed by atoms with E-state index >= 15 is 0 Å². The van der Waals surface area contributed by atoms with Gasteiger partial charge in [0.1, 0.15) is 0 Å². The first-order valence-corrected chi connectivity index (χ1v) is 18.0. The number of carbonyl (C=O) groups is 1. The fraction of sp³-hybridized carbons (Fsp3) is 0.639. The monoisotopic (exact) mass is 637 g/mol. The lowest BCUT2D eigenvalue weighted by molar-refractivity contribution is -0.121. The maximum atomic E-state index is 11.1. The van der Waals surface area contributed by atoms with E-state index in [1.54, 1.807) is 4.90 Å². The van der Waals surface area contributed by atoms with Crippen LogP contribution >= 0.6 is 0 Å². The zero-order valence-corrected chi connectivity index (χ0v) is 30.7. The fourth-order valence-corrected chi connectivity index (χ4v) is 4.04. The Morgan fingerprint density at radius 2 is 1.14 bits per heavy atom. The third-order valence-electron chi connectivity index (χ3n) is 5.90. The fourth-order valence-electron chi connectivity index (χ4n) is 3.25. The molecule has 2 aliphatic rings. The third-order valence-corrected chi connectivity index (χ3v) is 7.22. The van der Waals surface area contributed by atoms with Crippen LogP contribution in [-0.4, -0.2) is 104 Å². The lowest BCUT2D eigenvalue weighted by Gasteiger charge is -2.26. The summed E-state index contributed by atoms with van der Waals surface area (Å²) in [6.45, 7) is 28.7. The van der Waals surface area contributed by atoms with Crippen molar-refractivity contribution >= 4 is 17.2 Å². The van der Waals surface area contributed by atoms with Gasteiger partial charge >= 0.3 is 0 Å². The average molecular weight is 638 g/mol. The predicted molar refractivity (Wildman–Crippen MR) is 192 cm³/mol. The first-order chi connectivity index (χ1) is 21.4. The number of hydrogen-bond donors (Lipinski definition) is 0. The molecule has 0 bridgehead atoms. The molecule has 0 N–H and O–H groups in total. The van der Waals surface area contributed by atoms with E-state index in [2.05, 4.69) is 74.9 Å². The van der Waals surface area contributed by atoms with Crippen LogP contribution in [0.5, 0.6) is 0 Å². The first kappa shape index (κ1) is 46.3. The van der Waals surface area contributed by atoms with Crippen molar-refractivity contribution in [3.63, 3.8) is 0 Å². The van der Waals surface area contributed by atoms with Crippen molar-refractivity contribution in [2.75, 3.05) is 78.5 Å². The molecule has 7 nitrogen and oxygen atoms in total. The van der Waals surface area contributed by atoms with Crippen LogP contribution in [0.2, 0.25) is 0 Å². The molecular weight excluding hydrogens is 570 g/mol. The molecule has 2 fully saturated rings. The molecule has 44 heavy (non-hydrogen) atoms. The highest BCUT2D eigenvalue weighted by molar-refractivity contribution is 7.85. The Labute approximate surface area is 274 Å². The minimum absolute atomic E-state index is 0.693. The molecule has 4 rings (SSSR count). The van der Waals surface area contributed by atoms with Gasteiger partial charge in [0.2, 0.25) is 6.41 Å². The first-order valence-electron chi connectivity index (χ1n) is 16.7. The predicted octanol–water partition coefficient (Wildman–Crippen LogP) is 7.23. The molecule has 0 aliphatic carbocycles. The van der Waals surface area contributed by atoms with Crippen LogP contribution in [0.4, 0.5) is 0 Å². The molecule has 2 saturated heterocycles. The van der Waals surface area contributed by atoms with Crippen LogP contribution in [0.25, 0.3) is 0 Å². The highest BCUT2D eigenvalue weighted by Crippen LogP contribution is 2.06. The van der Waals surface area contributed by atoms with Gasteiger partial charge in [-0.3, -0.25) is 13.9 Å². The minimum atomic E-state index is -0.790. The van der Waals surface area contributed by atoms with E-state index < -0.39 is 10.8 Å². The van der Waals surface area contributed by atoms with Crippen LogP contribution < -0.4 is 0 Å². The number of benzene rings is 2. The molecule has 0 aromatic heterocycles. The minimum Gasteiger partial charge on any atom is -0.379 e. The van der Waals surface area contributed by atoms with Gasteiger partial charge in [-0.1, -0.05) is 117 Å². The second-order valence-corrected chi connectivity index (χ2v) is 11.0. The Hall–Kier alpha value is -2.10. The van der Waals surface area contributed by atoms with E-state index in [9.17, 15) is 9.00 Å². The molecule has 0 spiro atoms. The van der Waals surface area contributed by atoms with Crippen LogP contribution in [0.15, 0.2) is 65.6 Å². The molecule has 2 aromatic rings. The van der Waals surface area contributed by atoms with E-state index in [4.69, 9.17) is 9.47 Å². The number of hydrogen-bond acceptors (Lipinski definition) is 6. The second-order valence-electron chi connectivity index (χ2n) is 9.27. The van der Waals surface area contributed by atoms with Gasteiger partial charge in [0.25, 0.3) is 0 Å². The molecule has 1 unspecified atom stereocenters. The van der Waals surface area contributed by atoms with Crippen molar-refractivity contribution in [3.8, 4) is 0 Å². The highest BCUT2D eigenvalue weighted by Gasteiger charge is 2.09. The molecule has 2 heterocycles. The zero-order chi connectivity index (χ0) is 33.8. The van der Waals surface area contributed by atoms with Crippen molar-refractivity contribution < 1.29 is 18.5 Å². The number of nitrogens with zero attached hydrogens (tertiary/aromatic N) is 3. The van der Waals surface area contributed by atoms with Gasteiger partial charge in [0.05, 0.1) is 37.2 Å². The van der Waals surface area contributed by atoms with Gasteiger partial charge in [-0.2, -0.15) is 0 Å². The van der Waals surface area contributed by atoms with Gasteiger partial charge in [-0.25, -0.2) is 0 Å². The molecule has 1 amide bonds. The normalized spacial score (nSPS) is 14.3. The van der Waals surface area contributed by atoms with Crippen molar-refractivity contribution in [1.29, 1.82) is 0 Å². The quantitative estimate of drug-likeness (QED) is 0.299. The molecule has 0 saturated carbocycles. The van der Waals surface area contributed by atoms with Crippen molar-refractivity contribution in [3.05, 3.63) is 66.2 Å². The van der Waals surface area contributed by atoms with Gasteiger partial charge in [-0.15, -0.1) is 0 Å². The van der Waals surface area contributed by atoms with Crippen LogP contribution in [0.3, 0.4) is 0 Å². The summed E-state index contributed by atoms with van der Waals surface area (Å²) >= 11 is 0. The Bertz CT molecular complexity index is 828. The van der Waals surface area contributed by atoms with Gasteiger partial charge < -0.3 is 19.3 Å². The van der Waals surface area contributed by atoms with E-state index in [0.717, 1.165) is 70.3 Å². The Morgan fingerprint density at radius 1 is 0.727 bits per heavy atom. The Kier molecular flexibility index (Phi) is 39.0. The maximum Gasteiger partial charge on any atom is 0.209 e. The summed E-state index contributed by atoms with van der Waals surface area (Å²) in [5.74, 6) is 0.698. The number of carbonyl (C=O) groups excluding carboxylic acids is 1. The smallest absolute Gasteiger partial charge is 0.209 e. The topological polar surface area (TPSA) is 62.3 Å². The van der Waals surface area contributed by atoms with Crippen molar-refractivity contribution in [1.82, 2.24) is 14.7 Å². The number of morpholine rings is 2. The summed E-state index contributed by atoms with van der Waals surface area (Å²) in [6.07, 6.45) is 2.11. The molecule has 2 aromatic carbocycles. The molecule has 256 valence electrons. The summed E-state index contributed by atoms with van der Waals surface area (Å²) < 4.78 is 21.4. The summed E-state index contributed by atoms with van der Waals surface area (Å²) in [5.41, 5.74) is 1.39. The number of amides is 1. The Morgan fingerprint density at radius 3 is 1.48 bits per heavy atom. The maximum absolute atomic E-state index is 11.1. The molecule has 0 radical (unpaired) electrons. The van der Waals surface area contributed by atoms with Crippen LogP contribution in [0, 0.1) is 0 Å². The SMILES string of the molecule is CC.CC.CCC.CCN(C)CC.CCS(=O)c1ccccc1.O=CN1CCOCC1.c1ccc(CN2CCOCC2)cc1. The lowest BCUT2D eigenvalue weighted by Crippen LogP contribution is -2.35. The zero-order valence-electron chi connectivity index (χ0n) is 29.9. The van der Waals surface area contributed by atoms with E-state index in [1.165, 1.54) is 12.0 Å². The molecule has 2 aliphatic heterocycles. The van der Waals surface area contributed by atoms with Gasteiger partial charge in [0, 0.05) is 43.4 Å². The van der Waals surface area contributed by atoms with Crippen LogP contribution in [0.1, 0.15) is 74.3 Å². The van der Waals surface area contributed by atoms with Crippen molar-refractivity contribution in [2.45, 2.75) is 80.2 Å². The lowest BCUT2D eigenvalue weighted by atomic mass is 10.2. The summed E-state index contributed by atoms with van der Waals surface area (Å²) in [4.78, 5) is 17.3. The third kappa shape index (κ3) is 28.7.